The van der Waals surface area contributed by atoms with Gasteiger partial charge in [0.2, 0.25) is 0 Å². The van der Waals surface area contributed by atoms with Gasteiger partial charge in [-0.3, -0.25) is 9.69 Å². The number of rotatable bonds is 2. The Morgan fingerprint density at radius 3 is 2.63 bits per heavy atom. The van der Waals surface area contributed by atoms with Crippen LogP contribution in [0.25, 0.3) is 0 Å². The second-order valence-corrected chi connectivity index (χ2v) is 7.10. The highest BCUT2D eigenvalue weighted by Crippen LogP contribution is 2.38. The Hall–Kier alpha value is -3.27. The first-order chi connectivity index (χ1) is 13.2. The first-order valence-corrected chi connectivity index (χ1v) is 9.24. The van der Waals surface area contributed by atoms with E-state index in [2.05, 4.69) is 18.3 Å². The van der Waals surface area contributed by atoms with Gasteiger partial charge in [-0.25, -0.2) is 0 Å². The monoisotopic (exact) mass is 356 g/mol. The molecule has 1 N–H and O–H groups in total. The third kappa shape index (κ3) is 2.65. The topological polar surface area (TPSA) is 41.6 Å². The van der Waals surface area contributed by atoms with Crippen LogP contribution in [-0.4, -0.2) is 12.0 Å². The second-order valence-electron chi connectivity index (χ2n) is 7.10. The normalized spacial score (nSPS) is 20.5. The Labute approximate surface area is 158 Å². The molecule has 0 aliphatic carbocycles. The highest BCUT2D eigenvalue weighted by molar-refractivity contribution is 6.12. The van der Waals surface area contributed by atoms with Gasteiger partial charge in [-0.1, -0.05) is 36.4 Å². The molecular weight excluding hydrogens is 336 g/mol. The molecule has 2 atom stereocenters. The van der Waals surface area contributed by atoms with E-state index in [1.165, 1.54) is 5.56 Å². The molecule has 0 radical (unpaired) electrons. The summed E-state index contributed by atoms with van der Waals surface area (Å²) in [6.07, 6.45) is 0.823. The summed E-state index contributed by atoms with van der Waals surface area (Å²) >= 11 is 0. The van der Waals surface area contributed by atoms with Crippen molar-refractivity contribution in [2.45, 2.75) is 25.6 Å². The summed E-state index contributed by atoms with van der Waals surface area (Å²) < 4.78 is 5.84. The Morgan fingerprint density at radius 1 is 1.00 bits per heavy atom. The molecule has 0 saturated heterocycles. The van der Waals surface area contributed by atoms with Crippen LogP contribution >= 0.6 is 0 Å². The lowest BCUT2D eigenvalue weighted by Gasteiger charge is -2.38. The Morgan fingerprint density at radius 2 is 1.78 bits per heavy atom. The molecule has 2 aliphatic rings. The third-order valence-electron chi connectivity index (χ3n) is 5.20. The average Bonchev–Trinajstić information content (AvgIpc) is 3.07. The third-order valence-corrected chi connectivity index (χ3v) is 5.20. The number of hydrogen-bond acceptors (Lipinski definition) is 3. The van der Waals surface area contributed by atoms with E-state index in [0.29, 0.717) is 5.56 Å². The molecule has 0 aromatic heterocycles. The molecule has 2 heterocycles. The largest absolute Gasteiger partial charge is 0.490 e. The van der Waals surface area contributed by atoms with E-state index in [9.17, 15) is 4.79 Å². The summed E-state index contributed by atoms with van der Waals surface area (Å²) in [6.45, 7) is 2.08. The van der Waals surface area contributed by atoms with Crippen molar-refractivity contribution in [1.29, 1.82) is 0 Å². The number of fused-ring (bicyclic) bond motifs is 2. The van der Waals surface area contributed by atoms with E-state index in [1.807, 2.05) is 71.6 Å². The summed E-state index contributed by atoms with van der Waals surface area (Å²) in [6, 6.07) is 23.7. The van der Waals surface area contributed by atoms with Crippen LogP contribution in [-0.2, 0) is 6.42 Å². The zero-order valence-corrected chi connectivity index (χ0v) is 15.1. The number of hydrogen-bond donors (Lipinski definition) is 1. The molecule has 3 aromatic carbocycles. The summed E-state index contributed by atoms with van der Waals surface area (Å²) in [7, 11) is 0. The lowest BCUT2D eigenvalue weighted by atomic mass is 10.00. The van der Waals surface area contributed by atoms with Gasteiger partial charge in [-0.2, -0.15) is 0 Å². The van der Waals surface area contributed by atoms with E-state index in [-0.39, 0.29) is 18.2 Å². The molecule has 134 valence electrons. The van der Waals surface area contributed by atoms with Crippen molar-refractivity contribution < 1.29 is 9.53 Å². The Balaban J connectivity index is 1.63. The maximum absolute atomic E-state index is 13.3. The number of benzene rings is 3. The lowest BCUT2D eigenvalue weighted by Crippen LogP contribution is -2.43. The van der Waals surface area contributed by atoms with Crippen molar-refractivity contribution >= 4 is 17.3 Å². The number of nitrogens with zero attached hydrogens (tertiary/aromatic N) is 1. The quantitative estimate of drug-likeness (QED) is 0.718. The van der Waals surface area contributed by atoms with Crippen LogP contribution in [0.15, 0.2) is 72.8 Å². The maximum Gasteiger partial charge on any atom is 0.262 e. The van der Waals surface area contributed by atoms with E-state index in [4.69, 9.17) is 4.74 Å². The van der Waals surface area contributed by atoms with Gasteiger partial charge in [0.15, 0.2) is 0 Å². The minimum Gasteiger partial charge on any atom is -0.490 e. The van der Waals surface area contributed by atoms with Gasteiger partial charge in [-0.15, -0.1) is 0 Å². The number of ether oxygens (including phenoxy) is 1. The molecule has 0 unspecified atom stereocenters. The number of carbonyl (C=O) groups excluding carboxylic acids is 1. The predicted octanol–water partition coefficient (Wildman–Crippen LogP) is 4.78. The minimum absolute atomic E-state index is 0.00525. The van der Waals surface area contributed by atoms with Crippen LogP contribution in [0.5, 0.6) is 5.75 Å². The Kier molecular flexibility index (Phi) is 3.64. The van der Waals surface area contributed by atoms with Gasteiger partial charge in [0.05, 0.1) is 5.56 Å². The molecule has 0 saturated carbocycles. The number of anilines is 2. The van der Waals surface area contributed by atoms with Crippen molar-refractivity contribution in [3.63, 3.8) is 0 Å². The van der Waals surface area contributed by atoms with Crippen molar-refractivity contribution in [2.75, 3.05) is 10.2 Å². The smallest absolute Gasteiger partial charge is 0.262 e. The molecule has 1 amide bonds. The van der Waals surface area contributed by atoms with Crippen LogP contribution in [0, 0.1) is 0 Å². The lowest BCUT2D eigenvalue weighted by molar-refractivity contribution is 0.0975. The fourth-order valence-corrected chi connectivity index (χ4v) is 3.95. The van der Waals surface area contributed by atoms with Crippen LogP contribution < -0.4 is 15.0 Å². The molecule has 0 bridgehead atoms. The molecule has 5 rings (SSSR count). The number of amides is 1. The van der Waals surface area contributed by atoms with Crippen molar-refractivity contribution in [3.8, 4) is 5.75 Å². The maximum atomic E-state index is 13.3. The molecular formula is C23H20N2O2. The highest BCUT2D eigenvalue weighted by atomic mass is 16.5. The van der Waals surface area contributed by atoms with Crippen molar-refractivity contribution in [3.05, 3.63) is 89.5 Å². The summed E-state index contributed by atoms with van der Waals surface area (Å²) in [5.41, 5.74) is 4.68. The first kappa shape index (κ1) is 15.9. The van der Waals surface area contributed by atoms with Gasteiger partial charge < -0.3 is 10.1 Å². The van der Waals surface area contributed by atoms with Gasteiger partial charge >= 0.3 is 0 Å². The Bertz CT molecular complexity index is 1020. The zero-order valence-electron chi connectivity index (χ0n) is 15.1. The number of para-hydroxylation sites is 2. The van der Waals surface area contributed by atoms with Gasteiger partial charge in [0.25, 0.3) is 5.91 Å². The molecule has 0 fully saturated rings. The number of carbonyl (C=O) groups is 1. The van der Waals surface area contributed by atoms with E-state index in [1.54, 1.807) is 0 Å². The molecule has 2 aliphatic heterocycles. The molecule has 4 nitrogen and oxygen atoms in total. The van der Waals surface area contributed by atoms with Crippen LogP contribution in [0.4, 0.5) is 11.4 Å². The average molecular weight is 356 g/mol. The van der Waals surface area contributed by atoms with Crippen molar-refractivity contribution in [1.82, 2.24) is 0 Å². The number of nitrogens with one attached hydrogen (secondary N) is 1. The molecule has 4 heteroatoms. The van der Waals surface area contributed by atoms with Gasteiger partial charge in [0, 0.05) is 17.8 Å². The summed E-state index contributed by atoms with van der Waals surface area (Å²) in [5.74, 6) is 0.950. The highest BCUT2D eigenvalue weighted by Gasteiger charge is 2.34. The zero-order chi connectivity index (χ0) is 18.4. The van der Waals surface area contributed by atoms with E-state index >= 15 is 0 Å². The second kappa shape index (κ2) is 6.16. The molecule has 0 spiro atoms. The minimum atomic E-state index is -0.268. The predicted molar refractivity (Wildman–Crippen MR) is 106 cm³/mol. The summed E-state index contributed by atoms with van der Waals surface area (Å²) in [5, 5.41) is 3.56. The molecule has 27 heavy (non-hydrogen) atoms. The van der Waals surface area contributed by atoms with Gasteiger partial charge in [0.1, 0.15) is 18.0 Å². The van der Waals surface area contributed by atoms with E-state index in [0.717, 1.165) is 29.1 Å². The SMILES string of the molecule is C[C@H]1Cc2cc([C@H]3Nc4ccccc4C(=O)N3c3ccccc3)ccc2O1. The fraction of sp³-hybridized carbons (Fsp3) is 0.174. The van der Waals surface area contributed by atoms with Gasteiger partial charge in [-0.05, 0) is 54.4 Å². The van der Waals surface area contributed by atoms with Crippen molar-refractivity contribution in [2.24, 2.45) is 0 Å². The summed E-state index contributed by atoms with van der Waals surface area (Å²) in [4.78, 5) is 15.2. The fourth-order valence-electron chi connectivity index (χ4n) is 3.95. The van der Waals surface area contributed by atoms with Crippen LogP contribution in [0.3, 0.4) is 0 Å². The van der Waals surface area contributed by atoms with Crippen LogP contribution in [0.2, 0.25) is 0 Å². The van der Waals surface area contributed by atoms with Crippen LogP contribution in [0.1, 0.15) is 34.6 Å². The van der Waals surface area contributed by atoms with E-state index < -0.39 is 0 Å². The molecule has 3 aromatic rings. The standard InChI is InChI=1S/C23H20N2O2/c1-15-13-17-14-16(11-12-21(17)27-15)22-24-20-10-6-5-9-19(20)23(26)25(22)18-7-3-2-4-8-18/h2-12,14-15,22,24H,13H2,1H3/t15-,22-/m0/s1. The first-order valence-electron chi connectivity index (χ1n) is 9.24.